The van der Waals surface area contributed by atoms with Crippen LogP contribution in [0.15, 0.2) is 97.1 Å². The minimum Gasteiger partial charge on any atom is -0.457 e. The summed E-state index contributed by atoms with van der Waals surface area (Å²) in [7, 11) is 0. The minimum absolute atomic E-state index is 0.301. The van der Waals surface area contributed by atoms with Crippen molar-refractivity contribution >= 4 is 35.3 Å². The summed E-state index contributed by atoms with van der Waals surface area (Å²) in [5.41, 5.74) is 1.99. The molecule has 0 saturated carbocycles. The first kappa shape index (κ1) is 22.5. The van der Waals surface area contributed by atoms with E-state index in [2.05, 4.69) is 10.6 Å². The van der Waals surface area contributed by atoms with Crippen LogP contribution in [0.3, 0.4) is 0 Å². The summed E-state index contributed by atoms with van der Waals surface area (Å²) in [6.45, 7) is 0.388. The van der Waals surface area contributed by atoms with Crippen LogP contribution in [-0.4, -0.2) is 29.3 Å². The van der Waals surface area contributed by atoms with Crippen molar-refractivity contribution in [2.24, 2.45) is 0 Å². The van der Waals surface area contributed by atoms with E-state index in [0.29, 0.717) is 30.1 Å². The lowest BCUT2D eigenvalue weighted by Crippen LogP contribution is -2.37. The molecule has 3 aromatic carbocycles. The van der Waals surface area contributed by atoms with Gasteiger partial charge in [-0.25, -0.2) is 4.79 Å². The molecule has 7 nitrogen and oxygen atoms in total. The van der Waals surface area contributed by atoms with Gasteiger partial charge < -0.3 is 15.4 Å². The molecule has 1 aliphatic rings. The first-order valence-electron chi connectivity index (χ1n) is 10.8. The highest BCUT2D eigenvalue weighted by atomic mass is 16.5. The number of urea groups is 1. The zero-order valence-corrected chi connectivity index (χ0v) is 18.3. The maximum absolute atomic E-state index is 12.3. The Morgan fingerprint density at radius 1 is 0.824 bits per heavy atom. The second-order valence-electron chi connectivity index (χ2n) is 7.49. The standard InChI is InChI=1S/C27H23N3O4/c31-25-8-4-5-19-30(25)26(32)18-11-20-9-12-21(13-10-20)28-27(33)29-22-14-16-24(17-15-22)34-23-6-2-1-3-7-23/h1-4,6-18H,5,19H2,(H2,28,29,33)/b18-11+. The van der Waals surface area contributed by atoms with Gasteiger partial charge in [0.1, 0.15) is 11.5 Å². The molecule has 0 aromatic heterocycles. The van der Waals surface area contributed by atoms with Gasteiger partial charge in [0.05, 0.1) is 0 Å². The van der Waals surface area contributed by atoms with E-state index in [1.165, 1.54) is 17.1 Å². The zero-order valence-electron chi connectivity index (χ0n) is 18.3. The topological polar surface area (TPSA) is 87.7 Å². The zero-order chi connectivity index (χ0) is 23.8. The third kappa shape index (κ3) is 6.20. The quantitative estimate of drug-likeness (QED) is 0.486. The van der Waals surface area contributed by atoms with Crippen LogP contribution in [0.4, 0.5) is 16.2 Å². The lowest BCUT2D eigenvalue weighted by atomic mass is 10.2. The molecule has 0 saturated heterocycles. The van der Waals surface area contributed by atoms with E-state index in [4.69, 9.17) is 4.74 Å². The Hall–Kier alpha value is -4.65. The molecule has 170 valence electrons. The average Bonchev–Trinajstić information content (AvgIpc) is 2.85. The Kier molecular flexibility index (Phi) is 7.15. The normalized spacial score (nSPS) is 13.1. The van der Waals surface area contributed by atoms with E-state index in [9.17, 15) is 14.4 Å². The van der Waals surface area contributed by atoms with Crippen LogP contribution in [0.2, 0.25) is 0 Å². The summed E-state index contributed by atoms with van der Waals surface area (Å²) in [6.07, 6.45) is 6.84. The van der Waals surface area contributed by atoms with Crippen LogP contribution >= 0.6 is 0 Å². The van der Waals surface area contributed by atoms with Crippen LogP contribution in [0.5, 0.6) is 11.5 Å². The molecule has 2 N–H and O–H groups in total. The summed E-state index contributed by atoms with van der Waals surface area (Å²) >= 11 is 0. The van der Waals surface area contributed by atoms with E-state index in [1.807, 2.05) is 30.3 Å². The molecule has 0 fully saturated rings. The number of carbonyl (C=O) groups excluding carboxylic acids is 3. The third-order valence-corrected chi connectivity index (χ3v) is 4.99. The largest absolute Gasteiger partial charge is 0.457 e. The summed E-state index contributed by atoms with van der Waals surface area (Å²) in [6, 6.07) is 23.1. The number of nitrogens with zero attached hydrogens (tertiary/aromatic N) is 1. The Labute approximate surface area is 197 Å². The van der Waals surface area contributed by atoms with Crippen molar-refractivity contribution in [3.8, 4) is 11.5 Å². The van der Waals surface area contributed by atoms with E-state index in [-0.39, 0.29) is 17.8 Å². The summed E-state index contributed by atoms with van der Waals surface area (Å²) in [5.74, 6) is 0.752. The van der Waals surface area contributed by atoms with E-state index in [1.54, 1.807) is 60.7 Å². The lowest BCUT2D eigenvalue weighted by Gasteiger charge is -2.19. The number of ether oxygens (including phenoxy) is 1. The van der Waals surface area contributed by atoms with Crippen molar-refractivity contribution < 1.29 is 19.1 Å². The number of benzene rings is 3. The summed E-state index contributed by atoms with van der Waals surface area (Å²) in [5, 5.41) is 5.53. The van der Waals surface area contributed by atoms with Crippen molar-refractivity contribution in [2.45, 2.75) is 6.42 Å². The van der Waals surface area contributed by atoms with Gasteiger partial charge in [0.15, 0.2) is 0 Å². The van der Waals surface area contributed by atoms with Gasteiger partial charge in [-0.15, -0.1) is 0 Å². The minimum atomic E-state index is -0.383. The average molecular weight is 453 g/mol. The first-order valence-corrected chi connectivity index (χ1v) is 10.8. The van der Waals surface area contributed by atoms with Crippen molar-refractivity contribution in [1.82, 2.24) is 4.90 Å². The molecular formula is C27H23N3O4. The second kappa shape index (κ2) is 10.8. The molecule has 0 spiro atoms. The molecule has 7 heteroatoms. The van der Waals surface area contributed by atoms with E-state index >= 15 is 0 Å². The molecule has 1 heterocycles. The molecule has 4 rings (SSSR count). The van der Waals surface area contributed by atoms with Crippen LogP contribution in [0.25, 0.3) is 6.08 Å². The Morgan fingerprint density at radius 3 is 2.09 bits per heavy atom. The summed E-state index contributed by atoms with van der Waals surface area (Å²) in [4.78, 5) is 37.5. The van der Waals surface area contributed by atoms with E-state index in [0.717, 1.165) is 11.3 Å². The fourth-order valence-electron chi connectivity index (χ4n) is 3.27. The van der Waals surface area contributed by atoms with Crippen molar-refractivity contribution in [3.05, 3.63) is 103 Å². The van der Waals surface area contributed by atoms with Crippen molar-refractivity contribution in [3.63, 3.8) is 0 Å². The van der Waals surface area contributed by atoms with Gasteiger partial charge in [0.25, 0.3) is 11.8 Å². The molecule has 4 amide bonds. The first-order chi connectivity index (χ1) is 16.6. The fraction of sp³-hybridized carbons (Fsp3) is 0.0741. The molecule has 0 atom stereocenters. The maximum atomic E-state index is 12.3. The number of rotatable bonds is 6. The number of para-hydroxylation sites is 1. The number of carbonyl (C=O) groups is 3. The van der Waals surface area contributed by atoms with Gasteiger partial charge in [0, 0.05) is 24.0 Å². The molecule has 0 radical (unpaired) electrons. The number of nitrogens with one attached hydrogen (secondary N) is 2. The monoisotopic (exact) mass is 453 g/mol. The highest BCUT2D eigenvalue weighted by Crippen LogP contribution is 2.22. The van der Waals surface area contributed by atoms with Gasteiger partial charge >= 0.3 is 6.03 Å². The summed E-state index contributed by atoms with van der Waals surface area (Å²) < 4.78 is 5.74. The smallest absolute Gasteiger partial charge is 0.323 e. The fourth-order valence-corrected chi connectivity index (χ4v) is 3.27. The number of imide groups is 1. The molecule has 0 bridgehead atoms. The predicted octanol–water partition coefficient (Wildman–Crippen LogP) is 5.45. The number of amides is 4. The molecule has 34 heavy (non-hydrogen) atoms. The van der Waals surface area contributed by atoms with Crippen LogP contribution in [-0.2, 0) is 9.59 Å². The van der Waals surface area contributed by atoms with Crippen molar-refractivity contribution in [2.75, 3.05) is 17.2 Å². The Bertz CT molecular complexity index is 1220. The highest BCUT2D eigenvalue weighted by molar-refractivity contribution is 6.07. The molecule has 0 unspecified atom stereocenters. The Morgan fingerprint density at radius 2 is 1.44 bits per heavy atom. The molecule has 3 aromatic rings. The maximum Gasteiger partial charge on any atom is 0.323 e. The SMILES string of the molecule is O=C(Nc1ccc(/C=C/C(=O)N2CCC=CC2=O)cc1)Nc1ccc(Oc2ccccc2)cc1. The van der Waals surface area contributed by atoms with Crippen LogP contribution < -0.4 is 15.4 Å². The van der Waals surface area contributed by atoms with Gasteiger partial charge in [-0.3, -0.25) is 14.5 Å². The highest BCUT2D eigenvalue weighted by Gasteiger charge is 2.18. The second-order valence-corrected chi connectivity index (χ2v) is 7.49. The van der Waals surface area contributed by atoms with Crippen LogP contribution in [0, 0.1) is 0 Å². The van der Waals surface area contributed by atoms with Crippen molar-refractivity contribution in [1.29, 1.82) is 0 Å². The third-order valence-electron chi connectivity index (χ3n) is 4.99. The lowest BCUT2D eigenvalue weighted by molar-refractivity contribution is -0.139. The molecule has 1 aliphatic heterocycles. The molecular weight excluding hydrogens is 430 g/mol. The van der Waals surface area contributed by atoms with Gasteiger partial charge in [0.2, 0.25) is 0 Å². The predicted molar refractivity (Wildman–Crippen MR) is 132 cm³/mol. The van der Waals surface area contributed by atoms with E-state index < -0.39 is 0 Å². The van der Waals surface area contributed by atoms with Crippen LogP contribution in [0.1, 0.15) is 12.0 Å². The van der Waals surface area contributed by atoms with Gasteiger partial charge in [-0.2, -0.15) is 0 Å². The molecule has 0 aliphatic carbocycles. The van der Waals surface area contributed by atoms with Gasteiger partial charge in [-0.1, -0.05) is 36.4 Å². The number of anilines is 2. The van der Waals surface area contributed by atoms with Gasteiger partial charge in [-0.05, 0) is 72.7 Å². The Balaban J connectivity index is 1.27. The number of hydrogen-bond acceptors (Lipinski definition) is 4. The number of hydrogen-bond donors (Lipinski definition) is 2.